The van der Waals surface area contributed by atoms with Gasteiger partial charge in [0.1, 0.15) is 5.75 Å². The lowest BCUT2D eigenvalue weighted by Crippen LogP contribution is -2.18. The van der Waals surface area contributed by atoms with Crippen molar-refractivity contribution in [3.63, 3.8) is 0 Å². The van der Waals surface area contributed by atoms with E-state index in [1.807, 2.05) is 19.1 Å². The summed E-state index contributed by atoms with van der Waals surface area (Å²) >= 11 is 0. The van der Waals surface area contributed by atoms with Crippen LogP contribution in [-0.2, 0) is 16.6 Å². The SMILES string of the molecule is CCn1c(-c2cc(C)ccc2OC)nnc1S(N)(=O)=O. The van der Waals surface area contributed by atoms with Crippen molar-refractivity contribution in [1.82, 2.24) is 14.8 Å². The summed E-state index contributed by atoms with van der Waals surface area (Å²) in [6.07, 6.45) is 0. The molecule has 7 nitrogen and oxygen atoms in total. The largest absolute Gasteiger partial charge is 0.496 e. The Hall–Kier alpha value is -1.93. The molecular formula is C12H16N4O3S. The molecule has 0 fully saturated rings. The van der Waals surface area contributed by atoms with Gasteiger partial charge in [0.15, 0.2) is 5.82 Å². The van der Waals surface area contributed by atoms with Gasteiger partial charge in [0.25, 0.3) is 15.2 Å². The van der Waals surface area contributed by atoms with E-state index in [-0.39, 0.29) is 5.16 Å². The summed E-state index contributed by atoms with van der Waals surface area (Å²) in [4.78, 5) is 0. The van der Waals surface area contributed by atoms with E-state index in [9.17, 15) is 8.42 Å². The molecule has 20 heavy (non-hydrogen) atoms. The van der Waals surface area contributed by atoms with E-state index < -0.39 is 10.0 Å². The van der Waals surface area contributed by atoms with Gasteiger partial charge in [-0.05, 0) is 26.0 Å². The lowest BCUT2D eigenvalue weighted by atomic mass is 10.1. The number of nitrogens with zero attached hydrogens (tertiary/aromatic N) is 3. The fourth-order valence-corrected chi connectivity index (χ4v) is 2.66. The van der Waals surface area contributed by atoms with Gasteiger partial charge in [-0.3, -0.25) is 4.57 Å². The minimum absolute atomic E-state index is 0.251. The van der Waals surface area contributed by atoms with Crippen LogP contribution < -0.4 is 9.88 Å². The molecule has 0 bridgehead atoms. The Balaban J connectivity index is 2.71. The van der Waals surface area contributed by atoms with Crippen LogP contribution in [0.1, 0.15) is 12.5 Å². The molecule has 2 aromatic rings. The minimum Gasteiger partial charge on any atom is -0.496 e. The van der Waals surface area contributed by atoms with Crippen LogP contribution in [0.15, 0.2) is 23.4 Å². The molecule has 2 N–H and O–H groups in total. The van der Waals surface area contributed by atoms with Crippen molar-refractivity contribution in [2.24, 2.45) is 5.14 Å². The Bertz CT molecular complexity index is 737. The zero-order valence-corrected chi connectivity index (χ0v) is 12.3. The molecule has 2 rings (SSSR count). The summed E-state index contributed by atoms with van der Waals surface area (Å²) in [6.45, 7) is 4.10. The van der Waals surface area contributed by atoms with Gasteiger partial charge in [-0.25, -0.2) is 13.6 Å². The summed E-state index contributed by atoms with van der Waals surface area (Å²) in [5.74, 6) is 1.01. The molecule has 1 aromatic heterocycles. The normalized spacial score (nSPS) is 11.6. The second kappa shape index (κ2) is 5.22. The molecular weight excluding hydrogens is 280 g/mol. The number of methoxy groups -OCH3 is 1. The van der Waals surface area contributed by atoms with Crippen LogP contribution >= 0.6 is 0 Å². The van der Waals surface area contributed by atoms with Crippen molar-refractivity contribution >= 4 is 10.0 Å². The fourth-order valence-electron chi connectivity index (χ4n) is 1.98. The first kappa shape index (κ1) is 14.5. The average Bonchev–Trinajstić information content (AvgIpc) is 2.82. The molecule has 1 aromatic carbocycles. The van der Waals surface area contributed by atoms with Gasteiger partial charge in [0, 0.05) is 6.54 Å². The maximum absolute atomic E-state index is 11.5. The zero-order chi connectivity index (χ0) is 14.9. The van der Waals surface area contributed by atoms with Crippen molar-refractivity contribution in [1.29, 1.82) is 0 Å². The highest BCUT2D eigenvalue weighted by Gasteiger charge is 2.22. The molecule has 0 aliphatic rings. The van der Waals surface area contributed by atoms with E-state index in [1.54, 1.807) is 20.1 Å². The van der Waals surface area contributed by atoms with E-state index >= 15 is 0 Å². The Morgan fingerprint density at radius 3 is 2.60 bits per heavy atom. The van der Waals surface area contributed by atoms with Crippen molar-refractivity contribution in [3.8, 4) is 17.1 Å². The number of ether oxygens (including phenoxy) is 1. The predicted octanol–water partition coefficient (Wildman–Crippen LogP) is 0.929. The number of sulfonamides is 1. The molecule has 108 valence electrons. The van der Waals surface area contributed by atoms with E-state index in [2.05, 4.69) is 10.2 Å². The van der Waals surface area contributed by atoms with Gasteiger partial charge in [0.05, 0.1) is 12.7 Å². The zero-order valence-electron chi connectivity index (χ0n) is 11.5. The van der Waals surface area contributed by atoms with Gasteiger partial charge in [-0.1, -0.05) is 11.6 Å². The summed E-state index contributed by atoms with van der Waals surface area (Å²) < 4.78 is 29.7. The number of hydrogen-bond acceptors (Lipinski definition) is 5. The van der Waals surface area contributed by atoms with Crippen LogP contribution in [0.4, 0.5) is 0 Å². The predicted molar refractivity (Wildman–Crippen MR) is 73.8 cm³/mol. The maximum atomic E-state index is 11.5. The Kier molecular flexibility index (Phi) is 3.78. The van der Waals surface area contributed by atoms with E-state index in [4.69, 9.17) is 9.88 Å². The number of rotatable bonds is 4. The highest BCUT2D eigenvalue weighted by Crippen LogP contribution is 2.30. The smallest absolute Gasteiger partial charge is 0.273 e. The van der Waals surface area contributed by atoms with E-state index in [0.717, 1.165) is 5.56 Å². The molecule has 0 saturated heterocycles. The molecule has 0 unspecified atom stereocenters. The van der Waals surface area contributed by atoms with Gasteiger partial charge in [-0.15, -0.1) is 10.2 Å². The monoisotopic (exact) mass is 296 g/mol. The van der Waals surface area contributed by atoms with Crippen molar-refractivity contribution in [3.05, 3.63) is 23.8 Å². The highest BCUT2D eigenvalue weighted by atomic mass is 32.2. The summed E-state index contributed by atoms with van der Waals surface area (Å²) in [5.41, 5.74) is 1.68. The first-order valence-corrected chi connectivity index (χ1v) is 7.54. The molecule has 0 aliphatic carbocycles. The first-order chi connectivity index (χ1) is 9.38. The minimum atomic E-state index is -3.91. The van der Waals surface area contributed by atoms with Crippen molar-refractivity contribution in [2.45, 2.75) is 25.5 Å². The summed E-state index contributed by atoms with van der Waals surface area (Å²) in [5, 5.41) is 12.5. The number of benzene rings is 1. The Labute approximate surface area is 117 Å². The topological polar surface area (TPSA) is 100 Å². The second-order valence-electron chi connectivity index (χ2n) is 4.30. The van der Waals surface area contributed by atoms with Crippen LogP contribution in [0.25, 0.3) is 11.4 Å². The van der Waals surface area contributed by atoms with Crippen LogP contribution in [0, 0.1) is 6.92 Å². The number of aryl methyl sites for hydroxylation is 1. The number of hydrogen-bond donors (Lipinski definition) is 1. The molecule has 0 amide bonds. The first-order valence-electron chi connectivity index (χ1n) is 5.99. The standard InChI is InChI=1S/C12H16N4O3S/c1-4-16-11(14-15-12(16)20(13,17)18)9-7-8(2)5-6-10(9)19-3/h5-7H,4H2,1-3H3,(H2,13,17,18). The van der Waals surface area contributed by atoms with Gasteiger partial charge in [0.2, 0.25) is 0 Å². The van der Waals surface area contributed by atoms with Crippen LogP contribution in [0.2, 0.25) is 0 Å². The van der Waals surface area contributed by atoms with Crippen molar-refractivity contribution in [2.75, 3.05) is 7.11 Å². The van der Waals surface area contributed by atoms with Gasteiger partial charge < -0.3 is 4.74 Å². The molecule has 0 atom stereocenters. The molecule has 8 heteroatoms. The Morgan fingerprint density at radius 2 is 2.05 bits per heavy atom. The number of primary sulfonamides is 1. The average molecular weight is 296 g/mol. The second-order valence-corrected chi connectivity index (χ2v) is 5.75. The quantitative estimate of drug-likeness (QED) is 0.904. The number of aromatic nitrogens is 3. The molecule has 0 aliphatic heterocycles. The molecule has 0 spiro atoms. The third-order valence-electron chi connectivity index (χ3n) is 2.88. The lowest BCUT2D eigenvalue weighted by molar-refractivity contribution is 0.415. The summed E-state index contributed by atoms with van der Waals surface area (Å²) in [6, 6.07) is 5.56. The van der Waals surface area contributed by atoms with Crippen LogP contribution in [0.5, 0.6) is 5.75 Å². The summed E-state index contributed by atoms with van der Waals surface area (Å²) in [7, 11) is -2.37. The lowest BCUT2D eigenvalue weighted by Gasteiger charge is -2.10. The van der Waals surface area contributed by atoms with Gasteiger partial charge >= 0.3 is 0 Å². The Morgan fingerprint density at radius 1 is 1.35 bits per heavy atom. The van der Waals surface area contributed by atoms with Gasteiger partial charge in [-0.2, -0.15) is 0 Å². The van der Waals surface area contributed by atoms with Crippen molar-refractivity contribution < 1.29 is 13.2 Å². The third kappa shape index (κ3) is 2.52. The maximum Gasteiger partial charge on any atom is 0.273 e. The fraction of sp³-hybridized carbons (Fsp3) is 0.333. The van der Waals surface area contributed by atoms with E-state index in [1.165, 1.54) is 4.57 Å². The van der Waals surface area contributed by atoms with Crippen LogP contribution in [0.3, 0.4) is 0 Å². The van der Waals surface area contributed by atoms with E-state index in [0.29, 0.717) is 23.7 Å². The third-order valence-corrected chi connectivity index (χ3v) is 3.69. The van der Waals surface area contributed by atoms with Crippen LogP contribution in [-0.4, -0.2) is 30.3 Å². The number of nitrogens with two attached hydrogens (primary N) is 1. The molecule has 1 heterocycles. The molecule has 0 radical (unpaired) electrons. The highest BCUT2D eigenvalue weighted by molar-refractivity contribution is 7.89. The molecule has 0 saturated carbocycles.